The molecule has 1 aliphatic rings. The van der Waals surface area contributed by atoms with Crippen LogP contribution in [0.4, 0.5) is 0 Å². The highest BCUT2D eigenvalue weighted by Crippen LogP contribution is 2.26. The lowest BCUT2D eigenvalue weighted by Gasteiger charge is -2.22. The van der Waals surface area contributed by atoms with Crippen molar-refractivity contribution >= 4 is 0 Å². The van der Waals surface area contributed by atoms with Gasteiger partial charge in [0.25, 0.3) is 0 Å². The monoisotopic (exact) mass is 252 g/mol. The van der Waals surface area contributed by atoms with Gasteiger partial charge >= 0.3 is 0 Å². The molecule has 1 saturated heterocycles. The van der Waals surface area contributed by atoms with Gasteiger partial charge in [-0.1, -0.05) is 30.3 Å². The fourth-order valence-corrected chi connectivity index (χ4v) is 2.79. The Morgan fingerprint density at radius 1 is 1.11 bits per heavy atom. The molecule has 1 atom stereocenters. The highest BCUT2D eigenvalue weighted by Gasteiger charge is 2.16. The summed E-state index contributed by atoms with van der Waals surface area (Å²) in [5.74, 6) is 0.567. The zero-order valence-corrected chi connectivity index (χ0v) is 11.4. The second-order valence-electron chi connectivity index (χ2n) is 5.31. The molecule has 1 N–H and O–H groups in total. The predicted octanol–water partition coefficient (Wildman–Crippen LogP) is 3.52. The Hall–Kier alpha value is -1.67. The maximum absolute atomic E-state index is 4.89. The smallest absolute Gasteiger partial charge is 0.0708 e. The minimum atomic E-state index is 0.567. The minimum absolute atomic E-state index is 0.567. The first-order valence-corrected chi connectivity index (χ1v) is 7.08. The Morgan fingerprint density at radius 3 is 2.79 bits per heavy atom. The van der Waals surface area contributed by atoms with Crippen LogP contribution in [0.1, 0.15) is 30.0 Å². The van der Waals surface area contributed by atoms with Gasteiger partial charge in [-0.3, -0.25) is 4.98 Å². The summed E-state index contributed by atoms with van der Waals surface area (Å²) >= 11 is 0. The van der Waals surface area contributed by atoms with Crippen molar-refractivity contribution in [2.24, 2.45) is 0 Å². The quantitative estimate of drug-likeness (QED) is 0.884. The highest BCUT2D eigenvalue weighted by molar-refractivity contribution is 5.63. The molecule has 1 aromatic heterocycles. The van der Waals surface area contributed by atoms with Gasteiger partial charge in [0.05, 0.1) is 5.69 Å². The number of benzene rings is 1. The van der Waals surface area contributed by atoms with Gasteiger partial charge in [0, 0.05) is 23.7 Å². The fourth-order valence-electron chi connectivity index (χ4n) is 2.79. The van der Waals surface area contributed by atoms with Crippen molar-refractivity contribution < 1.29 is 0 Å². The predicted molar refractivity (Wildman–Crippen MR) is 79.3 cm³/mol. The molecule has 0 radical (unpaired) electrons. The van der Waals surface area contributed by atoms with Gasteiger partial charge in [-0.05, 0) is 44.0 Å². The Balaban J connectivity index is 1.93. The molecule has 0 saturated carbocycles. The van der Waals surface area contributed by atoms with Gasteiger partial charge in [-0.15, -0.1) is 0 Å². The van der Waals surface area contributed by atoms with Gasteiger partial charge < -0.3 is 5.32 Å². The van der Waals surface area contributed by atoms with Gasteiger partial charge in [0.15, 0.2) is 0 Å². The van der Waals surface area contributed by atoms with E-state index in [0.717, 1.165) is 18.8 Å². The third-order valence-corrected chi connectivity index (χ3v) is 3.91. The van der Waals surface area contributed by atoms with E-state index in [2.05, 4.69) is 54.7 Å². The fraction of sp³-hybridized carbons (Fsp3) is 0.353. The summed E-state index contributed by atoms with van der Waals surface area (Å²) in [4.78, 5) is 4.89. The van der Waals surface area contributed by atoms with Crippen LogP contribution in [0.15, 0.2) is 42.5 Å². The molecule has 0 aliphatic carbocycles. The number of rotatable bonds is 2. The van der Waals surface area contributed by atoms with E-state index in [4.69, 9.17) is 4.98 Å². The van der Waals surface area contributed by atoms with E-state index in [-0.39, 0.29) is 0 Å². The van der Waals surface area contributed by atoms with Crippen LogP contribution in [0.25, 0.3) is 11.3 Å². The molecule has 0 bridgehead atoms. The molecule has 19 heavy (non-hydrogen) atoms. The number of pyridine rings is 1. The number of nitrogens with zero attached hydrogens (tertiary/aromatic N) is 1. The van der Waals surface area contributed by atoms with E-state index in [0.29, 0.717) is 5.92 Å². The summed E-state index contributed by atoms with van der Waals surface area (Å²) < 4.78 is 0. The van der Waals surface area contributed by atoms with E-state index in [1.165, 1.54) is 29.7 Å². The molecule has 1 fully saturated rings. The third-order valence-electron chi connectivity index (χ3n) is 3.91. The molecule has 0 amide bonds. The Labute approximate surface area is 114 Å². The largest absolute Gasteiger partial charge is 0.316 e. The molecule has 1 aliphatic heterocycles. The highest BCUT2D eigenvalue weighted by atomic mass is 14.9. The maximum atomic E-state index is 4.89. The average Bonchev–Trinajstić information content (AvgIpc) is 2.49. The SMILES string of the molecule is Cc1ccccc1-c1cccc(C2CCCNC2)n1. The van der Waals surface area contributed by atoms with Crippen LogP contribution in [-0.4, -0.2) is 18.1 Å². The summed E-state index contributed by atoms with van der Waals surface area (Å²) in [6, 6.07) is 14.9. The summed E-state index contributed by atoms with van der Waals surface area (Å²) in [6.07, 6.45) is 2.50. The van der Waals surface area contributed by atoms with Crippen LogP contribution in [0, 0.1) is 6.92 Å². The van der Waals surface area contributed by atoms with Crippen molar-refractivity contribution in [2.45, 2.75) is 25.7 Å². The van der Waals surface area contributed by atoms with Crippen LogP contribution in [0.2, 0.25) is 0 Å². The van der Waals surface area contributed by atoms with Crippen LogP contribution in [0.3, 0.4) is 0 Å². The molecule has 2 nitrogen and oxygen atoms in total. The van der Waals surface area contributed by atoms with Crippen LogP contribution in [0.5, 0.6) is 0 Å². The lowest BCUT2D eigenvalue weighted by Crippen LogP contribution is -2.28. The summed E-state index contributed by atoms with van der Waals surface area (Å²) in [5, 5.41) is 3.46. The van der Waals surface area contributed by atoms with Gasteiger partial charge in [0.2, 0.25) is 0 Å². The Morgan fingerprint density at radius 2 is 2.00 bits per heavy atom. The van der Waals surface area contributed by atoms with Gasteiger partial charge in [-0.25, -0.2) is 0 Å². The molecule has 1 unspecified atom stereocenters. The standard InChI is InChI=1S/C17H20N2/c1-13-6-2-3-8-15(13)17-10-4-9-16(19-17)14-7-5-11-18-12-14/h2-4,6,8-10,14,18H,5,7,11-12H2,1H3. The molecule has 98 valence electrons. The molecule has 0 spiro atoms. The molecule has 3 rings (SSSR count). The molecule has 1 aromatic carbocycles. The summed E-state index contributed by atoms with van der Waals surface area (Å²) in [5.41, 5.74) is 4.86. The van der Waals surface area contributed by atoms with E-state index < -0.39 is 0 Å². The Bertz CT molecular complexity index is 557. The first kappa shape index (κ1) is 12.4. The van der Waals surface area contributed by atoms with Crippen molar-refractivity contribution in [3.8, 4) is 11.3 Å². The molecule has 2 heteroatoms. The van der Waals surface area contributed by atoms with Crippen LogP contribution >= 0.6 is 0 Å². The van der Waals surface area contributed by atoms with Gasteiger partial charge in [0.1, 0.15) is 0 Å². The number of nitrogens with one attached hydrogen (secondary N) is 1. The Kier molecular flexibility index (Phi) is 3.60. The van der Waals surface area contributed by atoms with E-state index in [1.54, 1.807) is 0 Å². The van der Waals surface area contributed by atoms with Gasteiger partial charge in [-0.2, -0.15) is 0 Å². The lowest BCUT2D eigenvalue weighted by atomic mass is 9.95. The van der Waals surface area contributed by atoms with E-state index in [1.807, 2.05) is 0 Å². The number of aromatic nitrogens is 1. The maximum Gasteiger partial charge on any atom is 0.0708 e. The zero-order valence-electron chi connectivity index (χ0n) is 11.4. The summed E-state index contributed by atoms with van der Waals surface area (Å²) in [7, 11) is 0. The van der Waals surface area contributed by atoms with E-state index >= 15 is 0 Å². The summed E-state index contributed by atoms with van der Waals surface area (Å²) in [6.45, 7) is 4.35. The normalized spacial score (nSPS) is 19.3. The van der Waals surface area contributed by atoms with Crippen molar-refractivity contribution in [3.63, 3.8) is 0 Å². The third kappa shape index (κ3) is 2.69. The van der Waals surface area contributed by atoms with Crippen LogP contribution in [-0.2, 0) is 0 Å². The van der Waals surface area contributed by atoms with Crippen molar-refractivity contribution in [1.29, 1.82) is 0 Å². The molecule has 2 aromatic rings. The topological polar surface area (TPSA) is 24.9 Å². The van der Waals surface area contributed by atoms with Crippen LogP contribution < -0.4 is 5.32 Å². The molecule has 2 heterocycles. The first-order chi connectivity index (χ1) is 9.34. The minimum Gasteiger partial charge on any atom is -0.316 e. The average molecular weight is 252 g/mol. The molecular formula is C17H20N2. The van der Waals surface area contributed by atoms with Crippen molar-refractivity contribution in [1.82, 2.24) is 10.3 Å². The second kappa shape index (κ2) is 5.54. The number of hydrogen-bond donors (Lipinski definition) is 1. The number of piperidine rings is 1. The van der Waals surface area contributed by atoms with Crippen molar-refractivity contribution in [3.05, 3.63) is 53.7 Å². The van der Waals surface area contributed by atoms with E-state index in [9.17, 15) is 0 Å². The number of hydrogen-bond acceptors (Lipinski definition) is 2. The lowest BCUT2D eigenvalue weighted by molar-refractivity contribution is 0.455. The zero-order chi connectivity index (χ0) is 13.1. The number of aryl methyl sites for hydroxylation is 1. The first-order valence-electron chi connectivity index (χ1n) is 7.08. The second-order valence-corrected chi connectivity index (χ2v) is 5.31. The molecular weight excluding hydrogens is 232 g/mol. The van der Waals surface area contributed by atoms with Crippen molar-refractivity contribution in [2.75, 3.05) is 13.1 Å².